The van der Waals surface area contributed by atoms with Crippen LogP contribution in [0.5, 0.6) is 5.75 Å². The Hall–Kier alpha value is -4.99. The summed E-state index contributed by atoms with van der Waals surface area (Å²) in [7, 11) is 0. The molecule has 0 heterocycles. The van der Waals surface area contributed by atoms with Crippen molar-refractivity contribution in [1.82, 2.24) is 0 Å². The number of benzene rings is 5. The van der Waals surface area contributed by atoms with Crippen LogP contribution in [-0.4, -0.2) is 0 Å². The van der Waals surface area contributed by atoms with Gasteiger partial charge in [0, 0.05) is 17.2 Å². The molecule has 0 saturated heterocycles. The topological polar surface area (TPSA) is 9.23 Å². The summed E-state index contributed by atoms with van der Waals surface area (Å²) in [5, 5.41) is 0. The lowest BCUT2D eigenvalue weighted by atomic mass is 9.99. The third kappa shape index (κ3) is 6.80. The molecule has 0 unspecified atom stereocenters. The van der Waals surface area contributed by atoms with E-state index in [4.69, 9.17) is 0 Å². The van der Waals surface area contributed by atoms with E-state index in [1.807, 2.05) is 19.1 Å². The van der Waals surface area contributed by atoms with Crippen molar-refractivity contribution in [3.05, 3.63) is 149 Å². The largest absolute Gasteiger partial charge is 0.432 e. The van der Waals surface area contributed by atoms with Crippen molar-refractivity contribution in [2.75, 3.05) is 0 Å². The van der Waals surface area contributed by atoms with E-state index in [1.165, 1.54) is 6.07 Å². The Morgan fingerprint density at radius 3 is 1.67 bits per heavy atom. The first-order chi connectivity index (χ1) is 21.9. The van der Waals surface area contributed by atoms with Crippen molar-refractivity contribution in [2.24, 2.45) is 0 Å². The molecule has 0 aliphatic rings. The molecule has 0 aliphatic carbocycles. The molecule has 0 aromatic heterocycles. The number of alkyl halides is 2. The van der Waals surface area contributed by atoms with Crippen LogP contribution in [0.15, 0.2) is 97.1 Å². The van der Waals surface area contributed by atoms with E-state index in [-0.39, 0.29) is 27.8 Å². The first kappa shape index (κ1) is 32.4. The predicted octanol–water partition coefficient (Wildman–Crippen LogP) is 11.3. The summed E-state index contributed by atoms with van der Waals surface area (Å²) < 4.78 is 135. The second-order valence-electron chi connectivity index (χ2n) is 10.3. The van der Waals surface area contributed by atoms with Gasteiger partial charge in [0.05, 0.1) is 0 Å². The highest BCUT2D eigenvalue weighted by Gasteiger charge is 2.41. The van der Waals surface area contributed by atoms with Gasteiger partial charge in [0.25, 0.3) is 0 Å². The fourth-order valence-electron chi connectivity index (χ4n) is 4.92. The summed E-state index contributed by atoms with van der Waals surface area (Å²) in [5.74, 6) is -10.9. The van der Waals surface area contributed by atoms with E-state index in [1.54, 1.807) is 24.3 Å². The Morgan fingerprint density at radius 1 is 0.565 bits per heavy atom. The molecule has 1 nitrogen and oxygen atoms in total. The lowest BCUT2D eigenvalue weighted by Crippen LogP contribution is -2.25. The SMILES string of the molecule is C/C=C/CCc1ccc(-c2cc(F)c(C(F)(F)Oc3ccc(-c4ccc(-c5cc(F)c(F)c(F)c5)c(F)c4)c(F)c3)c(F)c2)cc1. The quantitative estimate of drug-likeness (QED) is 0.0883. The van der Waals surface area contributed by atoms with E-state index in [2.05, 4.69) is 4.74 Å². The maximum atomic E-state index is 15.0. The summed E-state index contributed by atoms with van der Waals surface area (Å²) in [6, 6.07) is 15.0. The predicted molar refractivity (Wildman–Crippen MR) is 157 cm³/mol. The molecule has 0 bridgehead atoms. The zero-order valence-corrected chi connectivity index (χ0v) is 24.0. The minimum Gasteiger partial charge on any atom is -0.429 e. The zero-order chi connectivity index (χ0) is 33.2. The molecule has 5 aromatic carbocycles. The number of hydrogen-bond donors (Lipinski definition) is 0. The summed E-state index contributed by atoms with van der Waals surface area (Å²) in [5.41, 5.74) is -1.24. The normalized spacial score (nSPS) is 11.8. The van der Waals surface area contributed by atoms with Gasteiger partial charge in [-0.25, -0.2) is 30.7 Å². The van der Waals surface area contributed by atoms with Gasteiger partial charge < -0.3 is 4.74 Å². The van der Waals surface area contributed by atoms with Crippen molar-refractivity contribution in [3.8, 4) is 39.1 Å². The average molecular weight is 643 g/mol. The van der Waals surface area contributed by atoms with Gasteiger partial charge >= 0.3 is 6.11 Å². The molecule has 10 heteroatoms. The van der Waals surface area contributed by atoms with Gasteiger partial charge in [-0.05, 0) is 90.0 Å². The Labute approximate surface area is 258 Å². The molecule has 0 aliphatic heterocycles. The number of aryl methyl sites for hydroxylation is 1. The average Bonchev–Trinajstić information content (AvgIpc) is 2.99. The highest BCUT2D eigenvalue weighted by Crippen LogP contribution is 2.39. The first-order valence-electron chi connectivity index (χ1n) is 13.9. The third-order valence-electron chi connectivity index (χ3n) is 7.22. The molecule has 0 saturated carbocycles. The minimum absolute atomic E-state index is 0.0258. The van der Waals surface area contributed by atoms with Gasteiger partial charge in [0.1, 0.15) is 34.6 Å². The maximum Gasteiger partial charge on any atom is 0.432 e. The molecule has 0 fully saturated rings. The van der Waals surface area contributed by atoms with Gasteiger partial charge in [0.15, 0.2) is 17.5 Å². The second kappa shape index (κ2) is 13.2. The maximum absolute atomic E-state index is 15.0. The van der Waals surface area contributed by atoms with Crippen LogP contribution in [0.1, 0.15) is 24.5 Å². The number of rotatable bonds is 9. The molecule has 46 heavy (non-hydrogen) atoms. The molecular weight excluding hydrogens is 619 g/mol. The van der Waals surface area contributed by atoms with Crippen molar-refractivity contribution < 1.29 is 44.3 Å². The van der Waals surface area contributed by atoms with Crippen molar-refractivity contribution in [1.29, 1.82) is 0 Å². The van der Waals surface area contributed by atoms with Gasteiger partial charge in [-0.3, -0.25) is 0 Å². The van der Waals surface area contributed by atoms with Crippen LogP contribution >= 0.6 is 0 Å². The summed E-state index contributed by atoms with van der Waals surface area (Å²) >= 11 is 0. The van der Waals surface area contributed by atoms with Crippen LogP contribution in [0, 0.1) is 40.7 Å². The standard InChI is InChI=1S/C36H23F9O/c1-2-3-4-5-20-6-8-21(9-7-20)23-15-30(39)34(31(40)16-23)36(44,45)46-25-11-13-26(29(38)19-25)22-10-12-27(28(37)14-22)24-17-32(41)35(43)33(42)18-24/h2-3,6-19H,4-5H2,1H3/b3-2+. The number of allylic oxidation sites excluding steroid dienone is 2. The molecule has 5 aromatic rings. The van der Waals surface area contributed by atoms with Gasteiger partial charge in [-0.2, -0.15) is 8.78 Å². The van der Waals surface area contributed by atoms with Crippen LogP contribution in [0.3, 0.4) is 0 Å². The number of hydrogen-bond acceptors (Lipinski definition) is 1. The second-order valence-corrected chi connectivity index (χ2v) is 10.3. The Balaban J connectivity index is 1.35. The van der Waals surface area contributed by atoms with Crippen molar-refractivity contribution >= 4 is 0 Å². The summed E-state index contributed by atoms with van der Waals surface area (Å²) in [6.07, 6.45) is 0.930. The molecule has 0 atom stereocenters. The molecule has 0 N–H and O–H groups in total. The zero-order valence-electron chi connectivity index (χ0n) is 24.0. The van der Waals surface area contributed by atoms with E-state index >= 15 is 8.78 Å². The van der Waals surface area contributed by atoms with E-state index in [0.29, 0.717) is 23.8 Å². The third-order valence-corrected chi connectivity index (χ3v) is 7.22. The molecule has 0 spiro atoms. The van der Waals surface area contributed by atoms with Crippen molar-refractivity contribution in [3.63, 3.8) is 0 Å². The Kier molecular flexibility index (Phi) is 9.27. The fraction of sp³-hybridized carbons (Fsp3) is 0.111. The van der Waals surface area contributed by atoms with Crippen LogP contribution in [0.2, 0.25) is 0 Å². The monoisotopic (exact) mass is 642 g/mol. The lowest BCUT2D eigenvalue weighted by molar-refractivity contribution is -0.189. The highest BCUT2D eigenvalue weighted by molar-refractivity contribution is 5.72. The van der Waals surface area contributed by atoms with Gasteiger partial charge in [-0.1, -0.05) is 48.6 Å². The van der Waals surface area contributed by atoms with Crippen LogP contribution in [0.4, 0.5) is 39.5 Å². The molecule has 236 valence electrons. The molecule has 0 radical (unpaired) electrons. The lowest BCUT2D eigenvalue weighted by Gasteiger charge is -2.20. The van der Waals surface area contributed by atoms with E-state index < -0.39 is 58.1 Å². The number of halogens is 9. The summed E-state index contributed by atoms with van der Waals surface area (Å²) in [4.78, 5) is 0. The van der Waals surface area contributed by atoms with E-state index in [9.17, 15) is 30.7 Å². The minimum atomic E-state index is -4.55. The fourth-order valence-corrected chi connectivity index (χ4v) is 4.92. The Bertz CT molecular complexity index is 1890. The van der Waals surface area contributed by atoms with E-state index in [0.717, 1.165) is 54.8 Å². The van der Waals surface area contributed by atoms with Crippen LogP contribution in [-0.2, 0) is 12.5 Å². The molecule has 5 rings (SSSR count). The van der Waals surface area contributed by atoms with Gasteiger partial charge in [0.2, 0.25) is 0 Å². The first-order valence-corrected chi connectivity index (χ1v) is 13.9. The highest BCUT2D eigenvalue weighted by atomic mass is 19.3. The van der Waals surface area contributed by atoms with Crippen LogP contribution < -0.4 is 4.74 Å². The molecular formula is C36H23F9O. The molecule has 0 amide bonds. The van der Waals surface area contributed by atoms with Gasteiger partial charge in [-0.15, -0.1) is 0 Å². The number of ether oxygens (including phenoxy) is 1. The summed E-state index contributed by atoms with van der Waals surface area (Å²) in [6.45, 7) is 1.90. The smallest absolute Gasteiger partial charge is 0.429 e. The van der Waals surface area contributed by atoms with Crippen LogP contribution in [0.25, 0.3) is 33.4 Å². The Morgan fingerprint density at radius 2 is 1.09 bits per heavy atom. The van der Waals surface area contributed by atoms with Crippen molar-refractivity contribution in [2.45, 2.75) is 25.9 Å².